The number of carbonyl (C=O) groups is 1. The van der Waals surface area contributed by atoms with Crippen molar-refractivity contribution >= 4 is 5.91 Å². The Morgan fingerprint density at radius 1 is 0.920 bits per heavy atom. The molecule has 0 spiro atoms. The van der Waals surface area contributed by atoms with Crippen LogP contribution >= 0.6 is 0 Å². The van der Waals surface area contributed by atoms with E-state index < -0.39 is 0 Å². The van der Waals surface area contributed by atoms with Gasteiger partial charge in [0.15, 0.2) is 0 Å². The van der Waals surface area contributed by atoms with Crippen molar-refractivity contribution in [2.24, 2.45) is 0 Å². The molecule has 0 radical (unpaired) electrons. The lowest BCUT2D eigenvalue weighted by Gasteiger charge is -2.34. The largest absolute Gasteiger partial charge is 0.354 e. The standard InChI is InChI=1S/C19H31N5O/c25-19(21-8-11-22-9-6-20-7-10-22)17-24-14-12-23(13-15-24)16-18-4-2-1-3-5-18/h1-5,20H,6-17H2,(H,21,25). The second kappa shape index (κ2) is 9.87. The fraction of sp³-hybridized carbons (Fsp3) is 0.632. The maximum absolute atomic E-state index is 12.1. The third-order valence-electron chi connectivity index (χ3n) is 5.04. The summed E-state index contributed by atoms with van der Waals surface area (Å²) in [5, 5.41) is 6.42. The highest BCUT2D eigenvalue weighted by atomic mass is 16.2. The molecule has 1 aromatic rings. The molecule has 2 aliphatic heterocycles. The molecule has 6 nitrogen and oxygen atoms in total. The minimum Gasteiger partial charge on any atom is -0.354 e. The van der Waals surface area contributed by atoms with Crippen molar-refractivity contribution < 1.29 is 4.79 Å². The first-order valence-corrected chi connectivity index (χ1v) is 9.48. The molecule has 6 heteroatoms. The zero-order valence-electron chi connectivity index (χ0n) is 15.1. The highest BCUT2D eigenvalue weighted by Crippen LogP contribution is 2.08. The summed E-state index contributed by atoms with van der Waals surface area (Å²) in [4.78, 5) is 19.3. The predicted octanol–water partition coefficient (Wildman–Crippen LogP) is -0.174. The topological polar surface area (TPSA) is 50.9 Å². The van der Waals surface area contributed by atoms with Crippen LogP contribution in [0.5, 0.6) is 0 Å². The number of benzene rings is 1. The molecule has 25 heavy (non-hydrogen) atoms. The van der Waals surface area contributed by atoms with Gasteiger partial charge in [0.05, 0.1) is 6.54 Å². The molecule has 0 bridgehead atoms. The molecule has 0 aromatic heterocycles. The van der Waals surface area contributed by atoms with Crippen LogP contribution in [0.1, 0.15) is 5.56 Å². The number of hydrogen-bond acceptors (Lipinski definition) is 5. The molecular formula is C19H31N5O. The summed E-state index contributed by atoms with van der Waals surface area (Å²) in [6.45, 7) is 11.5. The summed E-state index contributed by atoms with van der Waals surface area (Å²) in [5.41, 5.74) is 1.36. The van der Waals surface area contributed by atoms with Gasteiger partial charge in [-0.2, -0.15) is 0 Å². The van der Waals surface area contributed by atoms with E-state index in [4.69, 9.17) is 0 Å². The number of hydrogen-bond donors (Lipinski definition) is 2. The number of nitrogens with zero attached hydrogens (tertiary/aromatic N) is 3. The number of rotatable bonds is 7. The van der Waals surface area contributed by atoms with Crippen molar-refractivity contribution in [3.8, 4) is 0 Å². The van der Waals surface area contributed by atoms with Gasteiger partial charge in [0.2, 0.25) is 5.91 Å². The van der Waals surface area contributed by atoms with Crippen LogP contribution in [-0.2, 0) is 11.3 Å². The summed E-state index contributed by atoms with van der Waals surface area (Å²) >= 11 is 0. The second-order valence-corrected chi connectivity index (χ2v) is 6.98. The van der Waals surface area contributed by atoms with Gasteiger partial charge >= 0.3 is 0 Å². The Kier molecular flexibility index (Phi) is 7.23. The zero-order valence-corrected chi connectivity index (χ0v) is 15.1. The van der Waals surface area contributed by atoms with Crippen molar-refractivity contribution in [1.82, 2.24) is 25.3 Å². The quantitative estimate of drug-likeness (QED) is 0.718. The summed E-state index contributed by atoms with van der Waals surface area (Å²) in [5.74, 6) is 0.159. The van der Waals surface area contributed by atoms with Gasteiger partial charge in [-0.05, 0) is 5.56 Å². The Morgan fingerprint density at radius 2 is 1.60 bits per heavy atom. The minimum absolute atomic E-state index is 0.159. The summed E-state index contributed by atoms with van der Waals surface area (Å²) in [6, 6.07) is 10.6. The molecule has 1 aromatic carbocycles. The van der Waals surface area contributed by atoms with Gasteiger partial charge in [-0.3, -0.25) is 19.5 Å². The third kappa shape index (κ3) is 6.40. The molecule has 138 valence electrons. The van der Waals surface area contributed by atoms with E-state index in [-0.39, 0.29) is 5.91 Å². The van der Waals surface area contributed by atoms with Crippen LogP contribution < -0.4 is 10.6 Å². The summed E-state index contributed by atoms with van der Waals surface area (Å²) in [6.07, 6.45) is 0. The van der Waals surface area contributed by atoms with Gasteiger partial charge in [0.1, 0.15) is 0 Å². The Morgan fingerprint density at radius 3 is 2.32 bits per heavy atom. The van der Waals surface area contributed by atoms with E-state index in [0.29, 0.717) is 6.54 Å². The highest BCUT2D eigenvalue weighted by molar-refractivity contribution is 5.78. The number of piperazine rings is 2. The number of nitrogens with one attached hydrogen (secondary N) is 2. The molecular weight excluding hydrogens is 314 g/mol. The van der Waals surface area contributed by atoms with E-state index in [0.717, 1.165) is 72.0 Å². The maximum atomic E-state index is 12.1. The van der Waals surface area contributed by atoms with E-state index in [1.165, 1.54) is 5.56 Å². The molecule has 0 saturated carbocycles. The monoisotopic (exact) mass is 345 g/mol. The van der Waals surface area contributed by atoms with Crippen LogP contribution in [0.3, 0.4) is 0 Å². The maximum Gasteiger partial charge on any atom is 0.234 e. The van der Waals surface area contributed by atoms with Gasteiger partial charge in [-0.1, -0.05) is 30.3 Å². The van der Waals surface area contributed by atoms with Crippen LogP contribution in [-0.4, -0.2) is 92.6 Å². The van der Waals surface area contributed by atoms with Crippen molar-refractivity contribution in [2.45, 2.75) is 6.54 Å². The van der Waals surface area contributed by atoms with E-state index in [1.807, 2.05) is 0 Å². The lowest BCUT2D eigenvalue weighted by Crippen LogP contribution is -2.50. The fourth-order valence-corrected chi connectivity index (χ4v) is 3.49. The van der Waals surface area contributed by atoms with Gasteiger partial charge in [-0.25, -0.2) is 0 Å². The summed E-state index contributed by atoms with van der Waals surface area (Å²) in [7, 11) is 0. The average molecular weight is 345 g/mol. The van der Waals surface area contributed by atoms with Crippen LogP contribution in [0, 0.1) is 0 Å². The van der Waals surface area contributed by atoms with Crippen molar-refractivity contribution in [2.75, 3.05) is 72.0 Å². The first-order chi connectivity index (χ1) is 12.3. The Labute approximate surface area is 151 Å². The van der Waals surface area contributed by atoms with Crippen molar-refractivity contribution in [3.63, 3.8) is 0 Å². The highest BCUT2D eigenvalue weighted by Gasteiger charge is 2.19. The molecule has 2 heterocycles. The smallest absolute Gasteiger partial charge is 0.234 e. The van der Waals surface area contributed by atoms with E-state index >= 15 is 0 Å². The molecule has 2 fully saturated rings. The third-order valence-corrected chi connectivity index (χ3v) is 5.04. The molecule has 0 unspecified atom stereocenters. The molecule has 1 amide bonds. The average Bonchev–Trinajstić information content (AvgIpc) is 2.65. The van der Waals surface area contributed by atoms with Gasteiger partial charge in [0.25, 0.3) is 0 Å². The second-order valence-electron chi connectivity index (χ2n) is 6.98. The van der Waals surface area contributed by atoms with Crippen molar-refractivity contribution in [3.05, 3.63) is 35.9 Å². The summed E-state index contributed by atoms with van der Waals surface area (Å²) < 4.78 is 0. The fourth-order valence-electron chi connectivity index (χ4n) is 3.49. The Balaban J connectivity index is 1.28. The van der Waals surface area contributed by atoms with Crippen molar-refractivity contribution in [1.29, 1.82) is 0 Å². The van der Waals surface area contributed by atoms with E-state index in [9.17, 15) is 4.79 Å². The molecule has 2 N–H and O–H groups in total. The zero-order chi connectivity index (χ0) is 17.3. The van der Waals surface area contributed by atoms with E-state index in [1.54, 1.807) is 0 Å². The number of carbonyl (C=O) groups excluding carboxylic acids is 1. The molecule has 0 atom stereocenters. The SMILES string of the molecule is O=C(CN1CCN(Cc2ccccc2)CC1)NCCN1CCNCC1. The van der Waals surface area contributed by atoms with Crippen LogP contribution in [0.4, 0.5) is 0 Å². The number of amides is 1. The van der Waals surface area contributed by atoms with Gasteiger partial charge < -0.3 is 10.6 Å². The lowest BCUT2D eigenvalue weighted by molar-refractivity contribution is -0.122. The molecule has 2 aliphatic rings. The van der Waals surface area contributed by atoms with Crippen LogP contribution in [0.25, 0.3) is 0 Å². The first kappa shape index (κ1) is 18.3. The van der Waals surface area contributed by atoms with Crippen LogP contribution in [0.15, 0.2) is 30.3 Å². The molecule has 3 rings (SSSR count). The normalized spacial score (nSPS) is 20.5. The van der Waals surface area contributed by atoms with Gasteiger partial charge in [0, 0.05) is 72.0 Å². The first-order valence-electron chi connectivity index (χ1n) is 9.48. The lowest BCUT2D eigenvalue weighted by atomic mass is 10.2. The Hall–Kier alpha value is -1.47. The minimum atomic E-state index is 0.159. The Bertz CT molecular complexity index is 510. The van der Waals surface area contributed by atoms with Gasteiger partial charge in [-0.15, -0.1) is 0 Å². The molecule has 2 saturated heterocycles. The van der Waals surface area contributed by atoms with E-state index in [2.05, 4.69) is 55.7 Å². The van der Waals surface area contributed by atoms with Crippen LogP contribution in [0.2, 0.25) is 0 Å². The molecule has 0 aliphatic carbocycles. The predicted molar refractivity (Wildman–Crippen MR) is 100 cm³/mol.